The van der Waals surface area contributed by atoms with E-state index < -0.39 is 0 Å². The van der Waals surface area contributed by atoms with Crippen LogP contribution in [0.1, 0.15) is 36.5 Å². The number of hydrogen-bond acceptors (Lipinski definition) is 2. The lowest BCUT2D eigenvalue weighted by atomic mass is 10.0. The van der Waals surface area contributed by atoms with Crippen LogP contribution >= 0.6 is 0 Å². The molecule has 0 spiro atoms. The van der Waals surface area contributed by atoms with E-state index in [1.165, 1.54) is 6.42 Å². The van der Waals surface area contributed by atoms with Gasteiger partial charge < -0.3 is 9.64 Å². The van der Waals surface area contributed by atoms with E-state index in [9.17, 15) is 4.79 Å². The first kappa shape index (κ1) is 12.0. The first-order valence-corrected chi connectivity index (χ1v) is 6.18. The van der Waals surface area contributed by atoms with Gasteiger partial charge in [0.05, 0.1) is 12.7 Å². The van der Waals surface area contributed by atoms with E-state index >= 15 is 0 Å². The fourth-order valence-corrected chi connectivity index (χ4v) is 2.38. The summed E-state index contributed by atoms with van der Waals surface area (Å²) in [7, 11) is 1.60. The van der Waals surface area contributed by atoms with Gasteiger partial charge in [-0.25, -0.2) is 0 Å². The van der Waals surface area contributed by atoms with Crippen molar-refractivity contribution < 1.29 is 9.53 Å². The van der Waals surface area contributed by atoms with E-state index in [1.807, 2.05) is 29.2 Å². The first-order valence-electron chi connectivity index (χ1n) is 6.18. The Morgan fingerprint density at radius 3 is 2.82 bits per heavy atom. The Kier molecular flexibility index (Phi) is 3.67. The zero-order valence-corrected chi connectivity index (χ0v) is 10.5. The number of benzene rings is 1. The maximum atomic E-state index is 12.4. The monoisotopic (exact) mass is 233 g/mol. The van der Waals surface area contributed by atoms with Crippen molar-refractivity contribution >= 4 is 5.91 Å². The third-order valence-electron chi connectivity index (χ3n) is 3.40. The van der Waals surface area contributed by atoms with Gasteiger partial charge in [-0.2, -0.15) is 0 Å². The van der Waals surface area contributed by atoms with Crippen LogP contribution in [0.25, 0.3) is 0 Å². The van der Waals surface area contributed by atoms with E-state index in [4.69, 9.17) is 4.74 Å². The number of hydrogen-bond donors (Lipinski definition) is 0. The van der Waals surface area contributed by atoms with Gasteiger partial charge in [-0.05, 0) is 38.3 Å². The highest BCUT2D eigenvalue weighted by Crippen LogP contribution is 2.24. The summed E-state index contributed by atoms with van der Waals surface area (Å²) in [6.45, 7) is 2.98. The highest BCUT2D eigenvalue weighted by molar-refractivity contribution is 5.97. The summed E-state index contributed by atoms with van der Waals surface area (Å²) in [5, 5.41) is 0. The van der Waals surface area contributed by atoms with Crippen molar-refractivity contribution in [1.29, 1.82) is 0 Å². The Morgan fingerprint density at radius 1 is 1.35 bits per heavy atom. The minimum atomic E-state index is 0.0923. The summed E-state index contributed by atoms with van der Waals surface area (Å²) in [6.07, 6.45) is 3.42. The van der Waals surface area contributed by atoms with Crippen LogP contribution in [0.3, 0.4) is 0 Å². The quantitative estimate of drug-likeness (QED) is 0.786. The smallest absolute Gasteiger partial charge is 0.257 e. The average Bonchev–Trinajstić information content (AvgIpc) is 2.38. The number of para-hydroxylation sites is 1. The highest BCUT2D eigenvalue weighted by Gasteiger charge is 2.25. The molecule has 1 aliphatic rings. The van der Waals surface area contributed by atoms with Gasteiger partial charge in [-0.1, -0.05) is 12.1 Å². The van der Waals surface area contributed by atoms with Crippen LogP contribution in [0.2, 0.25) is 0 Å². The minimum Gasteiger partial charge on any atom is -0.496 e. The van der Waals surface area contributed by atoms with Crippen LogP contribution in [0.15, 0.2) is 24.3 Å². The molecule has 1 fully saturated rings. The molecule has 1 aliphatic heterocycles. The Morgan fingerprint density at radius 2 is 2.12 bits per heavy atom. The molecule has 92 valence electrons. The first-order chi connectivity index (χ1) is 8.24. The third kappa shape index (κ3) is 2.43. The number of ether oxygens (including phenoxy) is 1. The SMILES string of the molecule is COc1ccccc1C(=O)N1CCCC[C@@H]1C. The highest BCUT2D eigenvalue weighted by atomic mass is 16.5. The maximum absolute atomic E-state index is 12.4. The molecule has 0 N–H and O–H groups in total. The minimum absolute atomic E-state index is 0.0923. The summed E-state index contributed by atoms with van der Waals surface area (Å²) in [6, 6.07) is 7.77. The Bertz CT molecular complexity index is 403. The molecule has 3 nitrogen and oxygen atoms in total. The number of rotatable bonds is 2. The number of likely N-dealkylation sites (tertiary alicyclic amines) is 1. The van der Waals surface area contributed by atoms with Crippen LogP contribution in [0.5, 0.6) is 5.75 Å². The van der Waals surface area contributed by atoms with Crippen LogP contribution in [0.4, 0.5) is 0 Å². The molecule has 1 atom stereocenters. The molecule has 1 saturated heterocycles. The van der Waals surface area contributed by atoms with Crippen molar-refractivity contribution in [1.82, 2.24) is 4.90 Å². The van der Waals surface area contributed by atoms with Crippen molar-refractivity contribution in [3.05, 3.63) is 29.8 Å². The number of carbonyl (C=O) groups excluding carboxylic acids is 1. The Hall–Kier alpha value is -1.51. The average molecular weight is 233 g/mol. The number of piperidine rings is 1. The van der Waals surface area contributed by atoms with Crippen molar-refractivity contribution in [3.8, 4) is 5.75 Å². The van der Waals surface area contributed by atoms with Gasteiger partial charge in [-0.3, -0.25) is 4.79 Å². The molecule has 1 aromatic rings. The lowest BCUT2D eigenvalue weighted by Gasteiger charge is -2.33. The molecular weight excluding hydrogens is 214 g/mol. The fraction of sp³-hybridized carbons (Fsp3) is 0.500. The molecular formula is C14H19NO2. The zero-order chi connectivity index (χ0) is 12.3. The molecule has 0 aliphatic carbocycles. The predicted octanol–water partition coefficient (Wildman–Crippen LogP) is 2.71. The van der Waals surface area contributed by atoms with Crippen molar-refractivity contribution in [3.63, 3.8) is 0 Å². The van der Waals surface area contributed by atoms with E-state index in [2.05, 4.69) is 6.92 Å². The predicted molar refractivity (Wildman–Crippen MR) is 67.3 cm³/mol. The Balaban J connectivity index is 2.23. The van der Waals surface area contributed by atoms with Gasteiger partial charge in [0.1, 0.15) is 5.75 Å². The van der Waals surface area contributed by atoms with Gasteiger partial charge in [0, 0.05) is 12.6 Å². The standard InChI is InChI=1S/C14H19NO2/c1-11-7-5-6-10-15(11)14(16)12-8-3-4-9-13(12)17-2/h3-4,8-9,11H,5-7,10H2,1-2H3/t11-/m0/s1. The largest absolute Gasteiger partial charge is 0.496 e. The third-order valence-corrected chi connectivity index (χ3v) is 3.40. The fourth-order valence-electron chi connectivity index (χ4n) is 2.38. The molecule has 17 heavy (non-hydrogen) atoms. The summed E-state index contributed by atoms with van der Waals surface area (Å²) >= 11 is 0. The van der Waals surface area contributed by atoms with Gasteiger partial charge in [0.25, 0.3) is 5.91 Å². The van der Waals surface area contributed by atoms with Crippen LogP contribution in [-0.2, 0) is 0 Å². The second-order valence-corrected chi connectivity index (χ2v) is 4.54. The molecule has 2 rings (SSSR count). The lowest BCUT2D eigenvalue weighted by Crippen LogP contribution is -2.42. The Labute approximate surface area is 102 Å². The summed E-state index contributed by atoms with van der Waals surface area (Å²) in [4.78, 5) is 14.4. The molecule has 1 heterocycles. The van der Waals surface area contributed by atoms with Crippen molar-refractivity contribution in [2.75, 3.05) is 13.7 Å². The molecule has 3 heteroatoms. The van der Waals surface area contributed by atoms with Gasteiger partial charge >= 0.3 is 0 Å². The molecule has 0 unspecified atom stereocenters. The molecule has 0 radical (unpaired) electrons. The van der Waals surface area contributed by atoms with Crippen LogP contribution in [-0.4, -0.2) is 30.5 Å². The molecule has 0 aromatic heterocycles. The van der Waals surface area contributed by atoms with Crippen molar-refractivity contribution in [2.45, 2.75) is 32.2 Å². The van der Waals surface area contributed by atoms with Gasteiger partial charge in [0.2, 0.25) is 0 Å². The van der Waals surface area contributed by atoms with Crippen LogP contribution < -0.4 is 4.74 Å². The topological polar surface area (TPSA) is 29.5 Å². The molecule has 1 amide bonds. The van der Waals surface area contributed by atoms with E-state index in [-0.39, 0.29) is 5.91 Å². The van der Waals surface area contributed by atoms with E-state index in [0.29, 0.717) is 17.4 Å². The number of amides is 1. The van der Waals surface area contributed by atoms with Gasteiger partial charge in [0.15, 0.2) is 0 Å². The molecule has 1 aromatic carbocycles. The van der Waals surface area contributed by atoms with Gasteiger partial charge in [-0.15, -0.1) is 0 Å². The second kappa shape index (κ2) is 5.21. The molecule has 0 saturated carbocycles. The summed E-state index contributed by atoms with van der Waals surface area (Å²) in [5.41, 5.74) is 0.670. The number of nitrogens with zero attached hydrogens (tertiary/aromatic N) is 1. The summed E-state index contributed by atoms with van der Waals surface area (Å²) in [5.74, 6) is 0.755. The normalized spacial score (nSPS) is 20.1. The zero-order valence-electron chi connectivity index (χ0n) is 10.5. The molecule has 0 bridgehead atoms. The second-order valence-electron chi connectivity index (χ2n) is 4.54. The summed E-state index contributed by atoms with van der Waals surface area (Å²) < 4.78 is 5.25. The lowest BCUT2D eigenvalue weighted by molar-refractivity contribution is 0.0632. The van der Waals surface area contributed by atoms with Crippen LogP contribution in [0, 0.1) is 0 Å². The number of carbonyl (C=O) groups is 1. The van der Waals surface area contributed by atoms with E-state index in [1.54, 1.807) is 7.11 Å². The maximum Gasteiger partial charge on any atom is 0.257 e. The van der Waals surface area contributed by atoms with E-state index in [0.717, 1.165) is 19.4 Å². The number of methoxy groups -OCH3 is 1. The van der Waals surface area contributed by atoms with Crippen molar-refractivity contribution in [2.24, 2.45) is 0 Å².